The van der Waals surface area contributed by atoms with Gasteiger partial charge in [-0.1, -0.05) is 140 Å². The topological polar surface area (TPSA) is 3.24 Å². The van der Waals surface area contributed by atoms with Gasteiger partial charge in [-0.25, -0.2) is 0 Å². The first-order valence-electron chi connectivity index (χ1n) is 16.3. The van der Waals surface area contributed by atoms with Crippen LogP contribution in [0.15, 0.2) is 188 Å². The number of nitrogens with zero attached hydrogens (tertiary/aromatic N) is 1. The predicted octanol–water partition coefficient (Wildman–Crippen LogP) is 13.7. The molecule has 0 N–H and O–H groups in total. The highest BCUT2D eigenvalue weighted by Gasteiger charge is 2.17. The molecule has 0 unspecified atom stereocenters. The Labute approximate surface area is 284 Å². The Morgan fingerprint density at radius 2 is 0.896 bits per heavy atom. The average Bonchev–Trinajstić information content (AvgIpc) is 3.56. The maximum atomic E-state index is 2.37. The van der Waals surface area contributed by atoms with Crippen LogP contribution in [-0.2, 0) is 0 Å². The molecule has 0 spiro atoms. The van der Waals surface area contributed by atoms with Crippen LogP contribution in [0, 0.1) is 0 Å². The molecule has 9 rings (SSSR count). The van der Waals surface area contributed by atoms with Crippen LogP contribution in [0.1, 0.15) is 0 Å². The van der Waals surface area contributed by atoms with E-state index >= 15 is 0 Å². The molecule has 0 amide bonds. The Hall–Kier alpha value is -5.96. The predicted molar refractivity (Wildman–Crippen MR) is 208 cm³/mol. The van der Waals surface area contributed by atoms with E-state index in [9.17, 15) is 0 Å². The number of benzene rings is 8. The Balaban J connectivity index is 1.18. The van der Waals surface area contributed by atoms with Gasteiger partial charge in [0.25, 0.3) is 0 Å². The van der Waals surface area contributed by atoms with Gasteiger partial charge in [0.15, 0.2) is 0 Å². The second-order valence-corrected chi connectivity index (χ2v) is 13.2. The molecular weight excluding hydrogens is 599 g/mol. The van der Waals surface area contributed by atoms with Gasteiger partial charge in [0.1, 0.15) is 0 Å². The van der Waals surface area contributed by atoms with E-state index in [1.807, 2.05) is 11.3 Å². The number of hydrogen-bond donors (Lipinski definition) is 0. The van der Waals surface area contributed by atoms with Crippen molar-refractivity contribution in [2.24, 2.45) is 0 Å². The lowest BCUT2D eigenvalue weighted by Gasteiger charge is -2.26. The SMILES string of the molecule is c1ccc(-c2ccc(N(c3ccc(-c4cc5ccccc5c5sc6ccccc6c45)cc3)c3cccc(-c4ccccc4)c3)cc2)cc1. The van der Waals surface area contributed by atoms with Gasteiger partial charge in [0.05, 0.1) is 0 Å². The summed E-state index contributed by atoms with van der Waals surface area (Å²) in [6, 6.07) is 68.0. The Morgan fingerprint density at radius 3 is 1.60 bits per heavy atom. The zero-order chi connectivity index (χ0) is 31.9. The minimum atomic E-state index is 1.11. The monoisotopic (exact) mass is 629 g/mol. The summed E-state index contributed by atoms with van der Waals surface area (Å²) < 4.78 is 2.68. The van der Waals surface area contributed by atoms with E-state index in [-0.39, 0.29) is 0 Å². The fraction of sp³-hybridized carbons (Fsp3) is 0. The number of thiophene rings is 1. The van der Waals surface area contributed by atoms with Crippen LogP contribution in [0.25, 0.3) is 64.3 Å². The molecule has 0 fully saturated rings. The summed E-state index contributed by atoms with van der Waals surface area (Å²) in [6.07, 6.45) is 0. The van der Waals surface area contributed by atoms with Gasteiger partial charge < -0.3 is 4.90 Å². The van der Waals surface area contributed by atoms with Crippen LogP contribution in [0.2, 0.25) is 0 Å². The van der Waals surface area contributed by atoms with E-state index in [0.717, 1.165) is 17.1 Å². The number of hydrogen-bond acceptors (Lipinski definition) is 2. The fourth-order valence-electron chi connectivity index (χ4n) is 6.91. The molecule has 1 heterocycles. The molecule has 0 saturated carbocycles. The van der Waals surface area contributed by atoms with E-state index < -0.39 is 0 Å². The van der Waals surface area contributed by atoms with Gasteiger partial charge in [-0.3, -0.25) is 0 Å². The molecule has 8 aromatic carbocycles. The van der Waals surface area contributed by atoms with Crippen molar-refractivity contribution in [3.05, 3.63) is 188 Å². The van der Waals surface area contributed by atoms with Crippen LogP contribution in [0.4, 0.5) is 17.1 Å². The minimum Gasteiger partial charge on any atom is -0.310 e. The van der Waals surface area contributed by atoms with Crippen molar-refractivity contribution in [3.63, 3.8) is 0 Å². The standard InChI is InChI=1S/C46H31NS/c1-3-12-32(13-4-1)34-22-26-38(27-23-34)47(40-18-11-17-36(30-40)33-14-5-2-6-15-33)39-28-24-35(25-29-39)43-31-37-16-7-8-19-41(37)46-45(43)42-20-9-10-21-44(42)48-46/h1-31H. The molecule has 48 heavy (non-hydrogen) atoms. The van der Waals surface area contributed by atoms with E-state index in [1.165, 1.54) is 64.3 Å². The third-order valence-corrected chi connectivity index (χ3v) is 10.5. The normalized spacial score (nSPS) is 11.3. The highest BCUT2D eigenvalue weighted by molar-refractivity contribution is 7.26. The summed E-state index contributed by atoms with van der Waals surface area (Å²) in [4.78, 5) is 2.36. The lowest BCUT2D eigenvalue weighted by atomic mass is 9.95. The van der Waals surface area contributed by atoms with E-state index in [2.05, 4.69) is 193 Å². The molecule has 0 atom stereocenters. The van der Waals surface area contributed by atoms with Crippen LogP contribution in [-0.4, -0.2) is 0 Å². The van der Waals surface area contributed by atoms with Crippen LogP contribution in [0.5, 0.6) is 0 Å². The highest BCUT2D eigenvalue weighted by Crippen LogP contribution is 2.45. The van der Waals surface area contributed by atoms with Crippen molar-refractivity contribution < 1.29 is 0 Å². The number of anilines is 3. The van der Waals surface area contributed by atoms with Gasteiger partial charge in [0, 0.05) is 37.2 Å². The summed E-state index contributed by atoms with van der Waals surface area (Å²) in [5.74, 6) is 0. The maximum absolute atomic E-state index is 2.37. The first kappa shape index (κ1) is 28.3. The van der Waals surface area contributed by atoms with Gasteiger partial charge >= 0.3 is 0 Å². The zero-order valence-corrected chi connectivity index (χ0v) is 27.1. The van der Waals surface area contributed by atoms with Crippen molar-refractivity contribution >= 4 is 59.3 Å². The highest BCUT2D eigenvalue weighted by atomic mass is 32.1. The summed E-state index contributed by atoms with van der Waals surface area (Å²) in [6.45, 7) is 0. The van der Waals surface area contributed by atoms with Gasteiger partial charge in [-0.2, -0.15) is 0 Å². The lowest BCUT2D eigenvalue weighted by molar-refractivity contribution is 1.28. The molecule has 0 aliphatic carbocycles. The second-order valence-electron chi connectivity index (χ2n) is 12.2. The first-order chi connectivity index (χ1) is 23.8. The Morgan fingerprint density at radius 1 is 0.354 bits per heavy atom. The van der Waals surface area contributed by atoms with Crippen molar-refractivity contribution in [2.75, 3.05) is 4.90 Å². The fourth-order valence-corrected chi connectivity index (χ4v) is 8.18. The zero-order valence-electron chi connectivity index (χ0n) is 26.3. The second kappa shape index (κ2) is 12.0. The number of fused-ring (bicyclic) bond motifs is 5. The van der Waals surface area contributed by atoms with Crippen LogP contribution >= 0.6 is 11.3 Å². The molecule has 9 aromatic rings. The van der Waals surface area contributed by atoms with E-state index in [0.29, 0.717) is 0 Å². The van der Waals surface area contributed by atoms with Gasteiger partial charge in [-0.05, 0) is 92.7 Å². The quantitative estimate of drug-likeness (QED) is 0.177. The molecule has 0 radical (unpaired) electrons. The molecule has 1 nitrogen and oxygen atoms in total. The molecule has 0 aliphatic rings. The molecule has 0 saturated heterocycles. The molecule has 226 valence electrons. The summed E-state index contributed by atoms with van der Waals surface area (Å²) in [5, 5.41) is 5.25. The van der Waals surface area contributed by atoms with Crippen molar-refractivity contribution in [2.45, 2.75) is 0 Å². The van der Waals surface area contributed by atoms with E-state index in [1.54, 1.807) is 0 Å². The van der Waals surface area contributed by atoms with Crippen LogP contribution in [0.3, 0.4) is 0 Å². The lowest BCUT2D eigenvalue weighted by Crippen LogP contribution is -2.10. The van der Waals surface area contributed by atoms with Gasteiger partial charge in [0.2, 0.25) is 0 Å². The Bertz CT molecular complexity index is 2530. The van der Waals surface area contributed by atoms with Crippen molar-refractivity contribution in [1.82, 2.24) is 0 Å². The smallest absolute Gasteiger partial charge is 0.0467 e. The number of rotatable bonds is 6. The summed E-state index contributed by atoms with van der Waals surface area (Å²) >= 11 is 1.89. The third-order valence-electron chi connectivity index (χ3n) is 9.25. The van der Waals surface area contributed by atoms with Gasteiger partial charge in [-0.15, -0.1) is 11.3 Å². The third kappa shape index (κ3) is 5.04. The Kier molecular flexibility index (Phi) is 7.07. The summed E-state index contributed by atoms with van der Waals surface area (Å²) in [5.41, 5.74) is 10.7. The van der Waals surface area contributed by atoms with E-state index in [4.69, 9.17) is 0 Å². The first-order valence-corrected chi connectivity index (χ1v) is 17.2. The average molecular weight is 630 g/mol. The molecule has 0 aliphatic heterocycles. The molecular formula is C46H31NS. The molecule has 2 heteroatoms. The maximum Gasteiger partial charge on any atom is 0.0467 e. The molecule has 1 aromatic heterocycles. The summed E-state index contributed by atoms with van der Waals surface area (Å²) in [7, 11) is 0. The van der Waals surface area contributed by atoms with Crippen LogP contribution < -0.4 is 4.90 Å². The molecule has 0 bridgehead atoms. The van der Waals surface area contributed by atoms with Crippen molar-refractivity contribution in [1.29, 1.82) is 0 Å². The van der Waals surface area contributed by atoms with Crippen molar-refractivity contribution in [3.8, 4) is 33.4 Å². The largest absolute Gasteiger partial charge is 0.310 e. The minimum absolute atomic E-state index is 1.11.